The van der Waals surface area contributed by atoms with Crippen molar-refractivity contribution in [3.63, 3.8) is 0 Å². The van der Waals surface area contributed by atoms with Crippen molar-refractivity contribution in [3.8, 4) is 0 Å². The third kappa shape index (κ3) is 15.8. The maximum Gasteiger partial charge on any atom is 0.481 e. The van der Waals surface area contributed by atoms with E-state index in [2.05, 4.69) is 44.9 Å². The second kappa shape index (κ2) is 21.7. The summed E-state index contributed by atoms with van der Waals surface area (Å²) >= 11 is 1.39. The Morgan fingerprint density at radius 2 is 1.82 bits per heavy atom. The van der Waals surface area contributed by atoms with Crippen LogP contribution in [0.3, 0.4) is 0 Å². The number of nitrogens with one attached hydrogen (secondary N) is 3. The lowest BCUT2D eigenvalue weighted by atomic mass is 9.92. The lowest BCUT2D eigenvalue weighted by Crippen LogP contribution is -2.45. The zero-order chi connectivity index (χ0) is 41.7. The van der Waals surface area contributed by atoms with Gasteiger partial charge in [0.1, 0.15) is 48.0 Å². The molecule has 1 saturated heterocycles. The number of nitrogen functional groups attached to an aromatic ring is 1. The number of phosphoric ester groups is 3. The van der Waals surface area contributed by atoms with Crippen molar-refractivity contribution in [2.45, 2.75) is 58.0 Å². The van der Waals surface area contributed by atoms with E-state index in [0.717, 1.165) is 17.2 Å². The summed E-state index contributed by atoms with van der Waals surface area (Å²) in [6.45, 7) is 5.39. The number of aliphatic hydroxyl groups is 2. The monoisotopic (exact) mass is 882 g/mol. The Morgan fingerprint density at radius 1 is 1.11 bits per heavy atom. The van der Waals surface area contributed by atoms with Gasteiger partial charge in [0.05, 0.1) is 19.5 Å². The van der Waals surface area contributed by atoms with Gasteiger partial charge in [-0.25, -0.2) is 28.6 Å². The van der Waals surface area contributed by atoms with Crippen molar-refractivity contribution in [1.29, 1.82) is 0 Å². The number of rotatable bonds is 25. The van der Waals surface area contributed by atoms with Crippen molar-refractivity contribution < 1.29 is 75.7 Å². The highest BCUT2D eigenvalue weighted by molar-refractivity contribution is 8.13. The molecule has 30 heteroatoms. The van der Waals surface area contributed by atoms with E-state index in [1.54, 1.807) is 6.92 Å². The fraction of sp³-hybridized carbons (Fsp3) is 0.731. The Balaban J connectivity index is 1.44. The summed E-state index contributed by atoms with van der Waals surface area (Å²) in [6, 6.07) is 0. The van der Waals surface area contributed by atoms with E-state index in [1.807, 2.05) is 0 Å². The number of aliphatic hydroxyl groups excluding tert-OH is 2. The first-order valence-electron chi connectivity index (χ1n) is 16.7. The Morgan fingerprint density at radius 3 is 2.52 bits per heavy atom. The molecule has 0 aromatic carbocycles. The molecule has 7 atom stereocenters. The fourth-order valence-corrected chi connectivity index (χ4v) is 8.12. The SMILES string of the molecule is C/C(=N/OCCNCCN)SCCNC(=O)CCNC(O)C(C)(C)COP(=O)(O)OP(=O)(O)OC[C@H]1O[C@@H](n2cnc3c(N)ncnc32)[C@H](O)[C@@H]1OP(=O)(O)O. The number of carbonyl (C=O) groups excluding carboxylic acids is 1. The number of amides is 1. The zero-order valence-electron chi connectivity index (χ0n) is 30.5. The number of hydrogen-bond acceptors (Lipinski definition) is 21. The van der Waals surface area contributed by atoms with Crippen LogP contribution >= 0.6 is 35.2 Å². The molecule has 0 bridgehead atoms. The summed E-state index contributed by atoms with van der Waals surface area (Å²) < 4.78 is 62.3. The number of thioether (sulfide) groups is 1. The molecule has 3 rings (SSSR count). The number of ether oxygens (including phenoxy) is 1. The minimum absolute atomic E-state index is 0.00736. The summed E-state index contributed by atoms with van der Waals surface area (Å²) in [5.41, 5.74) is 9.99. The van der Waals surface area contributed by atoms with Crippen molar-refractivity contribution in [1.82, 2.24) is 35.5 Å². The van der Waals surface area contributed by atoms with Crippen LogP contribution in [0.15, 0.2) is 17.8 Å². The lowest BCUT2D eigenvalue weighted by Gasteiger charge is -2.31. The predicted octanol–water partition coefficient (Wildman–Crippen LogP) is -1.53. The van der Waals surface area contributed by atoms with E-state index in [4.69, 9.17) is 30.1 Å². The Bertz CT molecular complexity index is 1760. The number of fused-ring (bicyclic) bond motifs is 1. The van der Waals surface area contributed by atoms with Gasteiger partial charge >= 0.3 is 23.5 Å². The van der Waals surface area contributed by atoms with Gasteiger partial charge in [-0.3, -0.25) is 28.2 Å². The number of nitrogens with zero attached hydrogens (tertiary/aromatic N) is 5. The molecule has 0 radical (unpaired) electrons. The summed E-state index contributed by atoms with van der Waals surface area (Å²) in [5.74, 6) is 0.193. The number of carbonyl (C=O) groups is 1. The van der Waals surface area contributed by atoms with E-state index in [9.17, 15) is 48.3 Å². The van der Waals surface area contributed by atoms with Crippen molar-refractivity contribution >= 4 is 63.2 Å². The second-order valence-electron chi connectivity index (χ2n) is 12.6. The number of imidazole rings is 1. The molecule has 0 spiro atoms. The van der Waals surface area contributed by atoms with Gasteiger partial charge in [-0.05, 0) is 6.92 Å². The van der Waals surface area contributed by atoms with E-state index in [1.165, 1.54) is 25.6 Å². The van der Waals surface area contributed by atoms with Crippen molar-refractivity contribution in [2.75, 3.05) is 64.0 Å². The van der Waals surface area contributed by atoms with Crippen LogP contribution in [0.25, 0.3) is 11.2 Å². The third-order valence-electron chi connectivity index (χ3n) is 7.49. The second-order valence-corrected chi connectivity index (χ2v) is 18.1. The first kappa shape index (κ1) is 48.1. The highest BCUT2D eigenvalue weighted by Gasteiger charge is 2.50. The van der Waals surface area contributed by atoms with E-state index in [0.29, 0.717) is 43.6 Å². The first-order chi connectivity index (χ1) is 26.1. The van der Waals surface area contributed by atoms with Gasteiger partial charge in [0, 0.05) is 50.3 Å². The van der Waals surface area contributed by atoms with Gasteiger partial charge in [-0.1, -0.05) is 19.0 Å². The molecule has 3 heterocycles. The molecular formula is C26H49N10O16P3S. The quantitative estimate of drug-likeness (QED) is 0.0134. The first-order valence-corrected chi connectivity index (χ1v) is 22.2. The molecule has 1 amide bonds. The molecule has 2 aromatic rings. The molecule has 26 nitrogen and oxygen atoms in total. The van der Waals surface area contributed by atoms with Crippen LogP contribution in [0.4, 0.5) is 5.82 Å². The molecule has 13 N–H and O–H groups in total. The number of anilines is 1. The largest absolute Gasteiger partial charge is 0.481 e. The van der Waals surface area contributed by atoms with Crippen LogP contribution in [0.5, 0.6) is 0 Å². The van der Waals surface area contributed by atoms with E-state index in [-0.39, 0.29) is 35.9 Å². The minimum Gasteiger partial charge on any atom is -0.394 e. The summed E-state index contributed by atoms with van der Waals surface area (Å²) in [5, 5.41) is 34.6. The van der Waals surface area contributed by atoms with Crippen LogP contribution in [0.1, 0.15) is 33.4 Å². The number of phosphoric acid groups is 3. The van der Waals surface area contributed by atoms with Gasteiger partial charge in [0.15, 0.2) is 17.7 Å². The Hall–Kier alpha value is -2.23. The minimum atomic E-state index is -5.50. The van der Waals surface area contributed by atoms with Gasteiger partial charge in [-0.2, -0.15) is 4.31 Å². The third-order valence-corrected chi connectivity index (χ3v) is 11.5. The van der Waals surface area contributed by atoms with Gasteiger partial charge in [-0.15, -0.1) is 11.8 Å². The van der Waals surface area contributed by atoms with Crippen LogP contribution in [-0.2, 0) is 45.9 Å². The molecule has 0 saturated carbocycles. The molecule has 3 unspecified atom stereocenters. The molecule has 1 fully saturated rings. The average molecular weight is 883 g/mol. The topological polar surface area (TPSA) is 389 Å². The summed E-state index contributed by atoms with van der Waals surface area (Å²) in [7, 11) is -16.2. The molecule has 0 aliphatic carbocycles. The van der Waals surface area contributed by atoms with Gasteiger partial charge in [0.25, 0.3) is 0 Å². The van der Waals surface area contributed by atoms with Crippen molar-refractivity contribution in [3.05, 3.63) is 12.7 Å². The summed E-state index contributed by atoms with van der Waals surface area (Å²) in [4.78, 5) is 68.4. The standard InChI is InChI=1S/C26H49N10O16P3S/c1-16(35-47-10-8-29-7-5-27)56-11-9-30-18(37)4-6-31-25(39)26(2,3)13-49-55(45,46)52-54(43,44)48-12-17-21(51-53(40,41)42)20(38)24(50-17)36-15-34-19-22(28)32-14-33-23(19)36/h14-15,17,20-21,24-25,29,31,38-39H,4-13,27H2,1-3H3,(H,30,37)(H,43,44)(H,45,46)(H2,28,32,33)(H2,40,41,42)/b35-16-/t17-,20-,21-,24-,25?/m1/s1. The average Bonchev–Trinajstić information content (AvgIpc) is 3.66. The molecule has 1 aliphatic heterocycles. The van der Waals surface area contributed by atoms with E-state index < -0.39 is 72.9 Å². The normalized spacial score (nSPS) is 22.1. The highest BCUT2D eigenvalue weighted by Crippen LogP contribution is 2.61. The van der Waals surface area contributed by atoms with Gasteiger partial charge < -0.3 is 61.5 Å². The summed E-state index contributed by atoms with van der Waals surface area (Å²) in [6.07, 6.45) is -6.13. The van der Waals surface area contributed by atoms with Crippen molar-refractivity contribution in [2.24, 2.45) is 16.3 Å². The van der Waals surface area contributed by atoms with Gasteiger partial charge in [0.2, 0.25) is 5.91 Å². The van der Waals surface area contributed by atoms with Crippen LogP contribution < -0.4 is 27.4 Å². The smallest absolute Gasteiger partial charge is 0.394 e. The number of oxime groups is 1. The molecule has 56 heavy (non-hydrogen) atoms. The molecular weight excluding hydrogens is 833 g/mol. The molecule has 320 valence electrons. The van der Waals surface area contributed by atoms with Crippen LogP contribution in [0.2, 0.25) is 0 Å². The predicted molar refractivity (Wildman–Crippen MR) is 198 cm³/mol. The van der Waals surface area contributed by atoms with Crippen LogP contribution in [0, 0.1) is 5.41 Å². The number of nitrogens with two attached hydrogens (primary N) is 2. The van der Waals surface area contributed by atoms with E-state index >= 15 is 0 Å². The zero-order valence-corrected chi connectivity index (χ0v) is 34.0. The molecule has 2 aromatic heterocycles. The Labute approximate surface area is 324 Å². The molecule has 1 aliphatic rings. The Kier molecular flexibility index (Phi) is 18.6. The maximum absolute atomic E-state index is 12.7. The fourth-order valence-electron chi connectivity index (χ4n) is 4.68. The van der Waals surface area contributed by atoms with Crippen LogP contribution in [-0.4, -0.2) is 143 Å². The lowest BCUT2D eigenvalue weighted by molar-refractivity contribution is -0.121. The number of hydrogen-bond donors (Lipinski definition) is 11. The number of aromatic nitrogens is 4. The maximum atomic E-state index is 12.7. The highest BCUT2D eigenvalue weighted by atomic mass is 32.2.